The smallest absolute Gasteiger partial charge is 0.226 e. The summed E-state index contributed by atoms with van der Waals surface area (Å²) < 4.78 is 2.08. The quantitative estimate of drug-likeness (QED) is 0.759. The third-order valence-corrected chi connectivity index (χ3v) is 4.83. The molecule has 0 bridgehead atoms. The van der Waals surface area contributed by atoms with Crippen molar-refractivity contribution < 1.29 is 9.90 Å². The molecule has 3 rings (SSSR count). The lowest BCUT2D eigenvalue weighted by atomic mass is 9.82. The summed E-state index contributed by atoms with van der Waals surface area (Å²) in [7, 11) is 0. The number of aromatic nitrogens is 2. The highest BCUT2D eigenvalue weighted by atomic mass is 16.3. The van der Waals surface area contributed by atoms with Crippen LogP contribution in [0.15, 0.2) is 24.3 Å². The molecule has 1 heterocycles. The number of phenols is 1. The monoisotopic (exact) mass is 341 g/mol. The summed E-state index contributed by atoms with van der Waals surface area (Å²) in [5.74, 6) is 0.636. The topological polar surface area (TPSA) is 67.2 Å². The molecule has 0 atom stereocenters. The van der Waals surface area contributed by atoms with Gasteiger partial charge < -0.3 is 10.4 Å². The maximum atomic E-state index is 11.9. The average molecular weight is 341 g/mol. The lowest BCUT2D eigenvalue weighted by molar-refractivity contribution is -0.118. The fourth-order valence-corrected chi connectivity index (χ4v) is 3.09. The Bertz CT molecular complexity index is 760. The fraction of sp³-hybridized carbons (Fsp3) is 0.500. The third-order valence-electron chi connectivity index (χ3n) is 4.83. The van der Waals surface area contributed by atoms with Crippen molar-refractivity contribution >= 4 is 11.6 Å². The molecule has 5 heteroatoms. The summed E-state index contributed by atoms with van der Waals surface area (Å²) in [6, 6.07) is 7.24. The zero-order valence-electron chi connectivity index (χ0n) is 15.2. The molecule has 0 aliphatic heterocycles. The second kappa shape index (κ2) is 7.30. The van der Waals surface area contributed by atoms with Crippen LogP contribution in [0.5, 0.6) is 5.75 Å². The molecule has 1 fully saturated rings. The fourth-order valence-electron chi connectivity index (χ4n) is 3.09. The van der Waals surface area contributed by atoms with Crippen molar-refractivity contribution in [2.75, 3.05) is 5.32 Å². The van der Waals surface area contributed by atoms with Gasteiger partial charge in [0.2, 0.25) is 5.91 Å². The Hall–Kier alpha value is -2.30. The number of aromatic hydroxyl groups is 1. The highest BCUT2D eigenvalue weighted by Gasteiger charge is 2.25. The minimum Gasteiger partial charge on any atom is -0.507 e. The maximum Gasteiger partial charge on any atom is 0.226 e. The first-order valence-electron chi connectivity index (χ1n) is 9.21. The zero-order valence-corrected chi connectivity index (χ0v) is 15.2. The average Bonchev–Trinajstić information content (AvgIpc) is 2.91. The molecule has 1 aromatic carbocycles. The highest BCUT2D eigenvalue weighted by Crippen LogP contribution is 2.39. The Labute approximate surface area is 149 Å². The van der Waals surface area contributed by atoms with Crippen LogP contribution in [-0.2, 0) is 11.3 Å². The van der Waals surface area contributed by atoms with Gasteiger partial charge in [-0.25, -0.2) is 0 Å². The molecule has 1 aromatic heterocycles. The number of nitrogens with zero attached hydrogens (tertiary/aromatic N) is 2. The number of amides is 1. The normalized spacial score (nSPS) is 14.6. The Balaban J connectivity index is 1.93. The van der Waals surface area contributed by atoms with E-state index in [9.17, 15) is 9.90 Å². The lowest BCUT2D eigenvalue weighted by Crippen LogP contribution is -2.17. The van der Waals surface area contributed by atoms with E-state index in [2.05, 4.69) is 23.0 Å². The number of nitrogens with one attached hydrogen (secondary N) is 1. The zero-order chi connectivity index (χ0) is 18.0. The number of benzene rings is 1. The van der Waals surface area contributed by atoms with Crippen LogP contribution < -0.4 is 5.32 Å². The molecule has 0 spiro atoms. The summed E-state index contributed by atoms with van der Waals surface area (Å²) in [6.45, 7) is 6.74. The first kappa shape index (κ1) is 17.5. The summed E-state index contributed by atoms with van der Waals surface area (Å²) >= 11 is 0. The van der Waals surface area contributed by atoms with E-state index in [0.29, 0.717) is 17.2 Å². The second-order valence-corrected chi connectivity index (χ2v) is 7.18. The van der Waals surface area contributed by atoms with Crippen molar-refractivity contribution in [1.82, 2.24) is 9.78 Å². The van der Waals surface area contributed by atoms with Crippen molar-refractivity contribution in [1.29, 1.82) is 0 Å². The van der Waals surface area contributed by atoms with Crippen LogP contribution in [0.1, 0.15) is 58.1 Å². The van der Waals surface area contributed by atoms with Crippen molar-refractivity contribution in [3.05, 3.63) is 30.0 Å². The highest BCUT2D eigenvalue weighted by molar-refractivity contribution is 5.93. The number of anilines is 1. The van der Waals surface area contributed by atoms with Gasteiger partial charge in [0.1, 0.15) is 5.75 Å². The van der Waals surface area contributed by atoms with E-state index in [1.807, 2.05) is 13.8 Å². The molecule has 0 saturated heterocycles. The Kier molecular flexibility index (Phi) is 5.11. The first-order valence-corrected chi connectivity index (χ1v) is 9.21. The van der Waals surface area contributed by atoms with Gasteiger partial charge in [-0.2, -0.15) is 5.10 Å². The molecule has 1 amide bonds. The summed E-state index contributed by atoms with van der Waals surface area (Å²) in [5, 5.41) is 17.9. The van der Waals surface area contributed by atoms with Crippen LogP contribution in [0.4, 0.5) is 5.69 Å². The largest absolute Gasteiger partial charge is 0.507 e. The Morgan fingerprint density at radius 1 is 1.36 bits per heavy atom. The minimum absolute atomic E-state index is 0.0386. The van der Waals surface area contributed by atoms with E-state index in [1.165, 1.54) is 25.0 Å². The van der Waals surface area contributed by atoms with E-state index in [-0.39, 0.29) is 17.6 Å². The number of carbonyl (C=O) groups excluding carboxylic acids is 1. The second-order valence-electron chi connectivity index (χ2n) is 7.18. The van der Waals surface area contributed by atoms with Gasteiger partial charge in [-0.15, -0.1) is 0 Å². The number of rotatable bonds is 6. The number of phenolic OH excluding ortho intramolecular Hbond substituents is 1. The van der Waals surface area contributed by atoms with E-state index < -0.39 is 0 Å². The van der Waals surface area contributed by atoms with Gasteiger partial charge in [0.15, 0.2) is 0 Å². The molecule has 25 heavy (non-hydrogen) atoms. The van der Waals surface area contributed by atoms with Crippen LogP contribution >= 0.6 is 0 Å². The molecule has 0 radical (unpaired) electrons. The van der Waals surface area contributed by atoms with E-state index in [4.69, 9.17) is 5.10 Å². The molecule has 5 nitrogen and oxygen atoms in total. The summed E-state index contributed by atoms with van der Waals surface area (Å²) in [6.07, 6.45) is 4.73. The van der Waals surface area contributed by atoms with Gasteiger partial charge in [0.05, 0.1) is 5.69 Å². The van der Waals surface area contributed by atoms with Crippen LogP contribution in [0.2, 0.25) is 0 Å². The Morgan fingerprint density at radius 2 is 2.12 bits per heavy atom. The molecular weight excluding hydrogens is 314 g/mol. The molecule has 2 N–H and O–H groups in total. The van der Waals surface area contributed by atoms with Crippen molar-refractivity contribution in [3.8, 4) is 17.0 Å². The van der Waals surface area contributed by atoms with Crippen LogP contribution in [0, 0.1) is 5.92 Å². The van der Waals surface area contributed by atoms with Crippen molar-refractivity contribution in [3.63, 3.8) is 0 Å². The van der Waals surface area contributed by atoms with E-state index >= 15 is 0 Å². The third kappa shape index (κ3) is 3.70. The molecule has 1 aliphatic rings. The molecule has 2 aromatic rings. The minimum atomic E-state index is -0.0914. The molecule has 1 aliphatic carbocycles. The molecular formula is C20H27N3O2. The predicted molar refractivity (Wildman–Crippen MR) is 99.7 cm³/mol. The van der Waals surface area contributed by atoms with Gasteiger partial charge >= 0.3 is 0 Å². The number of aryl methyl sites for hydroxylation is 1. The Morgan fingerprint density at radius 3 is 2.72 bits per heavy atom. The number of hydrogen-bond acceptors (Lipinski definition) is 3. The van der Waals surface area contributed by atoms with Gasteiger partial charge in [-0.05, 0) is 43.5 Å². The maximum absolute atomic E-state index is 11.9. The van der Waals surface area contributed by atoms with Gasteiger partial charge in [0, 0.05) is 35.3 Å². The van der Waals surface area contributed by atoms with Gasteiger partial charge in [-0.3, -0.25) is 9.48 Å². The van der Waals surface area contributed by atoms with Gasteiger partial charge in [0.25, 0.3) is 0 Å². The molecule has 1 saturated carbocycles. The standard InChI is InChI=1S/C20H27N3O2/c1-4-10-23-18(14-6-5-7-14)12-17(22-23)16-11-15(8-9-19(16)24)21-20(25)13(2)3/h8-9,11-14,24H,4-7,10H2,1-3H3,(H,21,25). The predicted octanol–water partition coefficient (Wildman–Crippen LogP) is 4.53. The van der Waals surface area contributed by atoms with Gasteiger partial charge in [-0.1, -0.05) is 27.2 Å². The van der Waals surface area contributed by atoms with Crippen LogP contribution in [0.25, 0.3) is 11.3 Å². The summed E-state index contributed by atoms with van der Waals surface area (Å²) in [5.41, 5.74) is 3.38. The SMILES string of the molecule is CCCn1nc(-c2cc(NC(=O)C(C)C)ccc2O)cc1C1CCC1. The number of carbonyl (C=O) groups is 1. The number of hydrogen-bond donors (Lipinski definition) is 2. The van der Waals surface area contributed by atoms with Crippen molar-refractivity contribution in [2.45, 2.75) is 58.9 Å². The van der Waals surface area contributed by atoms with E-state index in [1.54, 1.807) is 18.2 Å². The van der Waals surface area contributed by atoms with Crippen LogP contribution in [-0.4, -0.2) is 20.8 Å². The first-order chi connectivity index (χ1) is 12.0. The van der Waals surface area contributed by atoms with E-state index in [0.717, 1.165) is 18.7 Å². The van der Waals surface area contributed by atoms with Crippen LogP contribution in [0.3, 0.4) is 0 Å². The lowest BCUT2D eigenvalue weighted by Gasteiger charge is -2.25. The van der Waals surface area contributed by atoms with Crippen molar-refractivity contribution in [2.24, 2.45) is 5.92 Å². The summed E-state index contributed by atoms with van der Waals surface area (Å²) in [4.78, 5) is 11.9. The molecule has 0 unspecified atom stereocenters. The molecule has 134 valence electrons.